The highest BCUT2D eigenvalue weighted by atomic mass is 15.2. The van der Waals surface area contributed by atoms with E-state index in [9.17, 15) is 0 Å². The van der Waals surface area contributed by atoms with Gasteiger partial charge in [-0.25, -0.2) is 4.98 Å². The molecule has 1 aromatic rings. The Labute approximate surface area is 90.5 Å². The monoisotopic (exact) mass is 204 g/mol. The van der Waals surface area contributed by atoms with Crippen LogP contribution < -0.4 is 10.6 Å². The SMILES string of the molecule is C#CCN(CCC)c1cc(C)nc(N)n1. The van der Waals surface area contributed by atoms with Crippen molar-refractivity contribution in [2.24, 2.45) is 0 Å². The van der Waals surface area contributed by atoms with Crippen LogP contribution >= 0.6 is 0 Å². The molecule has 0 aliphatic carbocycles. The Hall–Kier alpha value is -1.76. The van der Waals surface area contributed by atoms with E-state index in [0.29, 0.717) is 12.5 Å². The molecule has 0 unspecified atom stereocenters. The highest BCUT2D eigenvalue weighted by Crippen LogP contribution is 2.13. The minimum absolute atomic E-state index is 0.295. The van der Waals surface area contributed by atoms with Crippen molar-refractivity contribution >= 4 is 11.8 Å². The standard InChI is InChI=1S/C11H16N4/c1-4-6-15(7-5-2)10-8-9(3)13-11(12)14-10/h1,8H,5-7H2,2-3H3,(H2,12,13,14). The van der Waals surface area contributed by atoms with E-state index >= 15 is 0 Å². The first-order valence-electron chi connectivity index (χ1n) is 4.97. The van der Waals surface area contributed by atoms with Gasteiger partial charge in [0, 0.05) is 18.3 Å². The second-order valence-electron chi connectivity index (χ2n) is 3.35. The van der Waals surface area contributed by atoms with E-state index in [4.69, 9.17) is 12.2 Å². The zero-order chi connectivity index (χ0) is 11.3. The number of aromatic nitrogens is 2. The Morgan fingerprint density at radius 3 is 2.80 bits per heavy atom. The molecule has 0 saturated carbocycles. The maximum Gasteiger partial charge on any atom is 0.222 e. The number of rotatable bonds is 4. The summed E-state index contributed by atoms with van der Waals surface area (Å²) in [6, 6.07) is 1.89. The molecule has 0 radical (unpaired) electrons. The van der Waals surface area contributed by atoms with Crippen LogP contribution in [0.15, 0.2) is 6.07 Å². The Kier molecular flexibility index (Phi) is 3.92. The number of hydrogen-bond acceptors (Lipinski definition) is 4. The van der Waals surface area contributed by atoms with Gasteiger partial charge in [-0.15, -0.1) is 6.42 Å². The number of nitrogen functional groups attached to an aromatic ring is 1. The summed E-state index contributed by atoms with van der Waals surface area (Å²) in [7, 11) is 0. The molecule has 4 nitrogen and oxygen atoms in total. The van der Waals surface area contributed by atoms with Crippen LogP contribution in [-0.2, 0) is 0 Å². The molecule has 1 aromatic heterocycles. The number of anilines is 2. The van der Waals surface area contributed by atoms with Crippen molar-refractivity contribution < 1.29 is 0 Å². The lowest BCUT2D eigenvalue weighted by atomic mass is 10.3. The fourth-order valence-electron chi connectivity index (χ4n) is 1.39. The maximum absolute atomic E-state index is 5.59. The van der Waals surface area contributed by atoms with Gasteiger partial charge < -0.3 is 10.6 Å². The fraction of sp³-hybridized carbons (Fsp3) is 0.455. The van der Waals surface area contributed by atoms with Crippen LogP contribution in [0.25, 0.3) is 0 Å². The van der Waals surface area contributed by atoms with Crippen molar-refractivity contribution in [1.82, 2.24) is 9.97 Å². The Morgan fingerprint density at radius 2 is 2.27 bits per heavy atom. The number of terminal acetylenes is 1. The van der Waals surface area contributed by atoms with Gasteiger partial charge in [0.05, 0.1) is 6.54 Å². The molecule has 0 aliphatic rings. The number of nitrogens with two attached hydrogens (primary N) is 1. The van der Waals surface area contributed by atoms with Crippen LogP contribution in [-0.4, -0.2) is 23.1 Å². The van der Waals surface area contributed by atoms with Crippen molar-refractivity contribution in [3.63, 3.8) is 0 Å². The summed E-state index contributed by atoms with van der Waals surface area (Å²) in [6.45, 7) is 5.41. The predicted octanol–water partition coefficient (Wildman–Crippen LogP) is 1.22. The lowest BCUT2D eigenvalue weighted by molar-refractivity contribution is 0.806. The zero-order valence-electron chi connectivity index (χ0n) is 9.20. The molecule has 2 N–H and O–H groups in total. The lowest BCUT2D eigenvalue weighted by Crippen LogP contribution is -2.25. The van der Waals surface area contributed by atoms with Crippen LogP contribution in [0.4, 0.5) is 11.8 Å². The summed E-state index contributed by atoms with van der Waals surface area (Å²) in [5.74, 6) is 3.71. The van der Waals surface area contributed by atoms with E-state index in [1.807, 2.05) is 17.9 Å². The number of nitrogens with zero attached hydrogens (tertiary/aromatic N) is 3. The first kappa shape index (κ1) is 11.3. The lowest BCUT2D eigenvalue weighted by Gasteiger charge is -2.20. The molecular weight excluding hydrogens is 188 g/mol. The third-order valence-electron chi connectivity index (χ3n) is 1.96. The van der Waals surface area contributed by atoms with Crippen LogP contribution in [0.2, 0.25) is 0 Å². The van der Waals surface area contributed by atoms with Crippen molar-refractivity contribution in [3.8, 4) is 12.3 Å². The minimum Gasteiger partial charge on any atom is -0.368 e. The summed E-state index contributed by atoms with van der Waals surface area (Å²) in [4.78, 5) is 10.2. The Bertz CT molecular complexity index is 347. The van der Waals surface area contributed by atoms with Crippen molar-refractivity contribution in [2.45, 2.75) is 20.3 Å². The first-order chi connectivity index (χ1) is 7.17. The van der Waals surface area contributed by atoms with E-state index in [1.54, 1.807) is 0 Å². The van der Waals surface area contributed by atoms with Gasteiger partial charge in [0.2, 0.25) is 5.95 Å². The number of hydrogen-bond donors (Lipinski definition) is 1. The average Bonchev–Trinajstić information content (AvgIpc) is 2.16. The first-order valence-corrected chi connectivity index (χ1v) is 4.97. The van der Waals surface area contributed by atoms with Gasteiger partial charge in [0.1, 0.15) is 5.82 Å². The Balaban J connectivity index is 2.95. The molecule has 15 heavy (non-hydrogen) atoms. The second kappa shape index (κ2) is 5.20. The van der Waals surface area contributed by atoms with Gasteiger partial charge in [-0.2, -0.15) is 4.98 Å². The topological polar surface area (TPSA) is 55.0 Å². The molecule has 4 heteroatoms. The summed E-state index contributed by atoms with van der Waals surface area (Å²) in [5, 5.41) is 0. The maximum atomic E-state index is 5.59. The second-order valence-corrected chi connectivity index (χ2v) is 3.35. The molecule has 0 amide bonds. The van der Waals surface area contributed by atoms with Gasteiger partial charge in [0.15, 0.2) is 0 Å². The molecule has 1 heterocycles. The molecule has 0 aromatic carbocycles. The van der Waals surface area contributed by atoms with Crippen molar-refractivity contribution in [2.75, 3.05) is 23.7 Å². The quantitative estimate of drug-likeness (QED) is 0.749. The minimum atomic E-state index is 0.295. The summed E-state index contributed by atoms with van der Waals surface area (Å²) in [5.41, 5.74) is 6.45. The van der Waals surface area contributed by atoms with Gasteiger partial charge >= 0.3 is 0 Å². The average molecular weight is 204 g/mol. The van der Waals surface area contributed by atoms with Crippen LogP contribution in [0, 0.1) is 19.3 Å². The van der Waals surface area contributed by atoms with E-state index in [0.717, 1.165) is 24.5 Å². The molecule has 0 aliphatic heterocycles. The molecule has 0 spiro atoms. The van der Waals surface area contributed by atoms with Gasteiger partial charge in [-0.3, -0.25) is 0 Å². The van der Waals surface area contributed by atoms with Gasteiger partial charge in [-0.05, 0) is 13.3 Å². The third kappa shape index (κ3) is 3.13. The third-order valence-corrected chi connectivity index (χ3v) is 1.96. The summed E-state index contributed by atoms with van der Waals surface area (Å²) in [6.07, 6.45) is 6.33. The highest BCUT2D eigenvalue weighted by molar-refractivity contribution is 5.44. The van der Waals surface area contributed by atoms with Crippen LogP contribution in [0.3, 0.4) is 0 Å². The summed E-state index contributed by atoms with van der Waals surface area (Å²) < 4.78 is 0. The molecule has 80 valence electrons. The molecule has 0 atom stereocenters. The van der Waals surface area contributed by atoms with E-state index in [2.05, 4.69) is 22.8 Å². The summed E-state index contributed by atoms with van der Waals surface area (Å²) >= 11 is 0. The fourth-order valence-corrected chi connectivity index (χ4v) is 1.39. The Morgan fingerprint density at radius 1 is 1.53 bits per heavy atom. The zero-order valence-corrected chi connectivity index (χ0v) is 9.20. The normalized spacial score (nSPS) is 9.67. The molecule has 1 rings (SSSR count). The van der Waals surface area contributed by atoms with E-state index in [1.165, 1.54) is 0 Å². The van der Waals surface area contributed by atoms with Crippen molar-refractivity contribution in [1.29, 1.82) is 0 Å². The van der Waals surface area contributed by atoms with E-state index in [-0.39, 0.29) is 0 Å². The van der Waals surface area contributed by atoms with E-state index < -0.39 is 0 Å². The molecule has 0 fully saturated rings. The van der Waals surface area contributed by atoms with Crippen molar-refractivity contribution in [3.05, 3.63) is 11.8 Å². The molecular formula is C11H16N4. The van der Waals surface area contributed by atoms with Gasteiger partial charge in [0.25, 0.3) is 0 Å². The number of aryl methyl sites for hydroxylation is 1. The largest absolute Gasteiger partial charge is 0.368 e. The molecule has 0 bridgehead atoms. The molecule has 0 saturated heterocycles. The van der Waals surface area contributed by atoms with Gasteiger partial charge in [-0.1, -0.05) is 12.8 Å². The smallest absolute Gasteiger partial charge is 0.222 e. The van der Waals surface area contributed by atoms with Crippen LogP contribution in [0.5, 0.6) is 0 Å². The predicted molar refractivity (Wildman–Crippen MR) is 62.5 cm³/mol. The highest BCUT2D eigenvalue weighted by Gasteiger charge is 2.07. The van der Waals surface area contributed by atoms with Crippen LogP contribution in [0.1, 0.15) is 19.0 Å².